The number of carbonyl (C=O) groups is 1. The number of likely N-dealkylation sites (tertiary alicyclic amines) is 1. The van der Waals surface area contributed by atoms with Crippen LogP contribution in [0.1, 0.15) is 97.8 Å². The van der Waals surface area contributed by atoms with Gasteiger partial charge in [0.25, 0.3) is 0 Å². The summed E-state index contributed by atoms with van der Waals surface area (Å²) in [6, 6.07) is 9.42. The van der Waals surface area contributed by atoms with Crippen LogP contribution < -0.4 is 5.32 Å². The van der Waals surface area contributed by atoms with Crippen molar-refractivity contribution in [3.05, 3.63) is 71.4 Å². The van der Waals surface area contributed by atoms with Gasteiger partial charge in [-0.05, 0) is 88.9 Å². The Bertz CT molecular complexity index is 1070. The summed E-state index contributed by atoms with van der Waals surface area (Å²) in [5, 5.41) is 15.6. The van der Waals surface area contributed by atoms with Crippen LogP contribution in [0.5, 0.6) is 0 Å². The average Bonchev–Trinajstić information content (AvgIpc) is 3.81. The van der Waals surface area contributed by atoms with Gasteiger partial charge in [0.15, 0.2) is 0 Å². The third kappa shape index (κ3) is 16.7. The maximum absolute atomic E-state index is 10.1. The van der Waals surface area contributed by atoms with Crippen molar-refractivity contribution in [1.29, 1.82) is 0 Å². The normalized spacial score (nSPS) is 18.8. The molecule has 2 fully saturated rings. The summed E-state index contributed by atoms with van der Waals surface area (Å²) in [5.41, 5.74) is 2.39. The van der Waals surface area contributed by atoms with Crippen LogP contribution in [-0.4, -0.2) is 66.8 Å². The Morgan fingerprint density at radius 3 is 2.21 bits per heavy atom. The molecule has 0 aromatic carbocycles. The molecule has 0 radical (unpaired) electrons. The summed E-state index contributed by atoms with van der Waals surface area (Å²) in [6.45, 7) is 32.3. The molecule has 2 N–H and O–H groups in total. The minimum Gasteiger partial charge on any atom is -0.513 e. The van der Waals surface area contributed by atoms with Crippen LogP contribution in [0.25, 0.3) is 9.75 Å². The number of hydrogen-bond donors (Lipinski definition) is 2. The van der Waals surface area contributed by atoms with Gasteiger partial charge in [0.05, 0.1) is 12.3 Å². The molecule has 1 saturated heterocycles. The number of halogens is 1. The summed E-state index contributed by atoms with van der Waals surface area (Å²) in [5.74, 6) is 1.19. The molecule has 2 aliphatic rings. The second kappa shape index (κ2) is 28.9. The molecular formula is C39H68ClN3O2S2. The molecule has 2 aromatic heterocycles. The number of nitrogens with one attached hydrogen (secondary N) is 1. The third-order valence-electron chi connectivity index (χ3n) is 8.34. The number of likely N-dealkylation sites (N-methyl/N-ethyl adjacent to an activating group) is 1. The Morgan fingerprint density at radius 1 is 1.06 bits per heavy atom. The quantitative estimate of drug-likeness (QED) is 0.180. The molecule has 47 heavy (non-hydrogen) atoms. The van der Waals surface area contributed by atoms with E-state index in [0.29, 0.717) is 23.8 Å². The van der Waals surface area contributed by atoms with Crippen molar-refractivity contribution < 1.29 is 9.90 Å². The van der Waals surface area contributed by atoms with Crippen LogP contribution in [0.2, 0.25) is 0 Å². The number of aliphatic hydroxyl groups is 1. The van der Waals surface area contributed by atoms with Crippen LogP contribution in [0.4, 0.5) is 0 Å². The predicted molar refractivity (Wildman–Crippen MR) is 214 cm³/mol. The molecule has 1 aliphatic heterocycles. The fourth-order valence-electron chi connectivity index (χ4n) is 6.23. The smallest absolute Gasteiger partial charge is 0.106 e. The van der Waals surface area contributed by atoms with Gasteiger partial charge in [-0.3, -0.25) is 0 Å². The maximum atomic E-state index is 10.1. The van der Waals surface area contributed by atoms with Crippen molar-refractivity contribution in [1.82, 2.24) is 15.1 Å². The van der Waals surface area contributed by atoms with Crippen LogP contribution in [0, 0.1) is 18.8 Å². The summed E-state index contributed by atoms with van der Waals surface area (Å²) >= 11 is 8.29. The van der Waals surface area contributed by atoms with Gasteiger partial charge in [-0.1, -0.05) is 73.3 Å². The highest BCUT2D eigenvalue weighted by Gasteiger charge is 2.31. The van der Waals surface area contributed by atoms with Crippen molar-refractivity contribution in [3.63, 3.8) is 0 Å². The summed E-state index contributed by atoms with van der Waals surface area (Å²) in [4.78, 5) is 17.1. The molecule has 2 aromatic rings. The van der Waals surface area contributed by atoms with Crippen molar-refractivity contribution in [2.24, 2.45) is 11.8 Å². The van der Waals surface area contributed by atoms with E-state index in [1.807, 2.05) is 52.9 Å². The molecule has 1 aliphatic carbocycles. The zero-order chi connectivity index (χ0) is 36.4. The second-order valence-electron chi connectivity index (χ2n) is 11.3. The zero-order valence-electron chi connectivity index (χ0n) is 31.2. The van der Waals surface area contributed by atoms with E-state index in [-0.39, 0.29) is 5.92 Å². The topological polar surface area (TPSA) is 55.8 Å². The number of piperidine rings is 1. The molecule has 4 atom stereocenters. The number of nitrogens with zero attached hydrogens (tertiary/aromatic N) is 2. The van der Waals surface area contributed by atoms with E-state index in [4.69, 9.17) is 4.79 Å². The number of allylic oxidation sites excluding steroid dienone is 1. The Balaban J connectivity index is 0. The third-order valence-corrected chi connectivity index (χ3v) is 10.4. The highest BCUT2D eigenvalue weighted by molar-refractivity contribution is 7.21. The van der Waals surface area contributed by atoms with Gasteiger partial charge >= 0.3 is 0 Å². The van der Waals surface area contributed by atoms with E-state index in [9.17, 15) is 5.11 Å². The minimum atomic E-state index is 0.270. The maximum Gasteiger partial charge on any atom is 0.106 e. The van der Waals surface area contributed by atoms with Crippen LogP contribution >= 0.6 is 34.3 Å². The number of thiophene rings is 2. The fourth-order valence-corrected chi connectivity index (χ4v) is 7.93. The number of aryl methyl sites for hydroxylation is 1. The molecule has 0 bridgehead atoms. The van der Waals surface area contributed by atoms with Gasteiger partial charge in [-0.2, -0.15) is 0 Å². The number of carbonyl (C=O) groups excluding carboxylic acids is 1. The zero-order valence-corrected chi connectivity index (χ0v) is 33.6. The molecule has 0 spiro atoms. The van der Waals surface area contributed by atoms with Crippen molar-refractivity contribution in [2.45, 2.75) is 112 Å². The fraction of sp³-hybridized carbons (Fsp3) is 0.615. The molecule has 8 heteroatoms. The van der Waals surface area contributed by atoms with Gasteiger partial charge in [0.2, 0.25) is 0 Å². The van der Waals surface area contributed by atoms with Crippen LogP contribution in [-0.2, 0) is 4.79 Å². The number of alkyl halides is 1. The Kier molecular flexibility index (Phi) is 28.9. The predicted octanol–water partition coefficient (Wildman–Crippen LogP) is 11.6. The average molecular weight is 711 g/mol. The lowest BCUT2D eigenvalue weighted by Gasteiger charge is -2.42. The van der Waals surface area contributed by atoms with Gasteiger partial charge in [0, 0.05) is 63.5 Å². The van der Waals surface area contributed by atoms with E-state index in [1.165, 1.54) is 64.5 Å². The molecular weight excluding hydrogens is 642 g/mol. The molecule has 4 rings (SSSR count). The first-order valence-electron chi connectivity index (χ1n) is 17.4. The van der Waals surface area contributed by atoms with Crippen molar-refractivity contribution in [2.75, 3.05) is 33.1 Å². The summed E-state index contributed by atoms with van der Waals surface area (Å²) < 4.78 is 0. The number of rotatable bonds is 11. The van der Waals surface area contributed by atoms with Crippen LogP contribution in [0.15, 0.2) is 66.5 Å². The van der Waals surface area contributed by atoms with Gasteiger partial charge in [-0.15, -0.1) is 34.3 Å². The van der Waals surface area contributed by atoms with E-state index in [1.54, 1.807) is 11.3 Å². The Hall–Kier alpha value is -2.06. The first-order chi connectivity index (χ1) is 22.7. The Morgan fingerprint density at radius 2 is 1.70 bits per heavy atom. The van der Waals surface area contributed by atoms with E-state index in [0.717, 1.165) is 38.9 Å². The number of aliphatic hydroxyl groups excluding tert-OH is 1. The Labute approximate surface area is 302 Å². The largest absolute Gasteiger partial charge is 0.513 e. The lowest BCUT2D eigenvalue weighted by atomic mass is 9.75. The highest BCUT2D eigenvalue weighted by Crippen LogP contribution is 2.37. The summed E-state index contributed by atoms with van der Waals surface area (Å²) in [7, 11) is 2.02. The number of hydrogen-bond acceptors (Lipinski definition) is 7. The lowest BCUT2D eigenvalue weighted by molar-refractivity contribution is -0.0980. The first-order valence-corrected chi connectivity index (χ1v) is 19.9. The van der Waals surface area contributed by atoms with Gasteiger partial charge < -0.3 is 25.0 Å². The molecule has 3 heterocycles. The lowest BCUT2D eigenvalue weighted by Crippen LogP contribution is -2.45. The molecule has 1 saturated carbocycles. The van der Waals surface area contributed by atoms with Gasteiger partial charge in [0.1, 0.15) is 6.79 Å². The van der Waals surface area contributed by atoms with Crippen LogP contribution in [0.3, 0.4) is 0 Å². The van der Waals surface area contributed by atoms with Gasteiger partial charge in [-0.25, -0.2) is 0 Å². The monoisotopic (exact) mass is 709 g/mol. The van der Waals surface area contributed by atoms with E-state index in [2.05, 4.69) is 96.9 Å². The van der Waals surface area contributed by atoms with Crippen molar-refractivity contribution in [3.8, 4) is 9.75 Å². The first kappa shape index (κ1) is 47.1. The summed E-state index contributed by atoms with van der Waals surface area (Å²) in [6.07, 6.45) is 10.8. The molecule has 3 unspecified atom stereocenters. The highest BCUT2D eigenvalue weighted by atomic mass is 35.5. The van der Waals surface area contributed by atoms with E-state index >= 15 is 0 Å². The van der Waals surface area contributed by atoms with E-state index < -0.39 is 0 Å². The standard InChI is InChI=1S/C24H43N3O.C9H8S2.2C2H6.CH3Cl.CH2O/c1-7-14-27(18(2)16-22-11-8-9-12-23(22)21(5)28)19(3)17-26-15-10-13-24(25-6)20(26)4;1-7-4-5-9(11-7)8-3-2-6-10-8;4*1-2/h18,22-25,28H,3-5,7-17H2,1-2,6H3;2-6H,1H3;2*1-2H3;1H3;1H2/t18?,22?,23?,24-;;;;;/m0...../s1. The minimum absolute atomic E-state index is 0.270. The molecule has 5 nitrogen and oxygen atoms in total. The molecule has 270 valence electrons. The van der Waals surface area contributed by atoms with Crippen molar-refractivity contribution >= 4 is 41.1 Å². The second-order valence-corrected chi connectivity index (χ2v) is 13.5. The molecule has 0 amide bonds. The SMILES string of the molecule is C=C(O)C1CCCCC1CC(C)N(CCC)C(=C)CN1CCC[C@H](NC)C1=C.C=O.CC.CC.CCl.Cc1ccc(-c2cccs2)s1.